The Morgan fingerprint density at radius 3 is 2.60 bits per heavy atom. The topological polar surface area (TPSA) is 62.1 Å². The van der Waals surface area contributed by atoms with Gasteiger partial charge < -0.3 is 10.1 Å². The number of rotatable bonds is 4. The van der Waals surface area contributed by atoms with E-state index >= 15 is 0 Å². The molecule has 108 valence electrons. The van der Waals surface area contributed by atoms with Crippen LogP contribution in [-0.4, -0.2) is 17.6 Å². The molecule has 0 spiro atoms. The van der Waals surface area contributed by atoms with E-state index in [1.165, 1.54) is 0 Å². The molecule has 0 saturated heterocycles. The van der Waals surface area contributed by atoms with Gasteiger partial charge in [0, 0.05) is 5.02 Å². The maximum absolute atomic E-state index is 11.9. The molecule has 0 fully saturated rings. The van der Waals surface area contributed by atoms with Crippen LogP contribution in [0.5, 0.6) is 5.75 Å². The Bertz CT molecular complexity index is 565. The average molecular weight is 315 g/mol. The summed E-state index contributed by atoms with van der Waals surface area (Å²) in [7, 11) is 0. The van der Waals surface area contributed by atoms with Gasteiger partial charge in [-0.15, -0.1) is 0 Å². The van der Waals surface area contributed by atoms with E-state index in [0.29, 0.717) is 21.4 Å². The molecule has 0 aliphatic carbocycles. The molecule has 6 heteroatoms. The Labute approximate surface area is 128 Å². The van der Waals surface area contributed by atoms with E-state index in [9.17, 15) is 4.79 Å². The van der Waals surface area contributed by atoms with Crippen LogP contribution in [-0.2, 0) is 4.79 Å². The molecule has 1 aromatic rings. The number of carbonyl (C=O) groups excluding carboxylic acids is 1. The van der Waals surface area contributed by atoms with E-state index in [1.54, 1.807) is 39.8 Å². The van der Waals surface area contributed by atoms with Gasteiger partial charge in [-0.2, -0.15) is 5.26 Å². The monoisotopic (exact) mass is 314 g/mol. The Kier molecular flexibility index (Phi) is 5.27. The minimum atomic E-state index is -0.950. The van der Waals surface area contributed by atoms with E-state index in [-0.39, 0.29) is 5.91 Å². The first-order chi connectivity index (χ1) is 9.18. The standard InChI is InChI=1S/C14H16Cl2N2O2/c1-8-10(15)5-6-11(12(8)16)20-9(2)13(19)18-14(3,4)7-17/h5-6,9H,1-4H3,(H,18,19). The second kappa shape index (κ2) is 6.34. The summed E-state index contributed by atoms with van der Waals surface area (Å²) in [4.78, 5) is 11.9. The number of halogens is 2. The van der Waals surface area contributed by atoms with Crippen LogP contribution >= 0.6 is 23.2 Å². The first kappa shape index (κ1) is 16.6. The summed E-state index contributed by atoms with van der Waals surface area (Å²) in [5.41, 5.74) is -0.259. The highest BCUT2D eigenvalue weighted by atomic mass is 35.5. The van der Waals surface area contributed by atoms with Crippen molar-refractivity contribution in [2.45, 2.75) is 39.3 Å². The highest BCUT2D eigenvalue weighted by Gasteiger charge is 2.24. The van der Waals surface area contributed by atoms with Gasteiger partial charge >= 0.3 is 0 Å². The zero-order valence-corrected chi connectivity index (χ0v) is 13.3. The summed E-state index contributed by atoms with van der Waals surface area (Å²) in [5.74, 6) is -0.00815. The molecule has 0 saturated carbocycles. The van der Waals surface area contributed by atoms with Gasteiger partial charge in [0.15, 0.2) is 6.10 Å². The number of ether oxygens (including phenoxy) is 1. The smallest absolute Gasteiger partial charge is 0.262 e. The van der Waals surface area contributed by atoms with Gasteiger partial charge in [-0.05, 0) is 45.4 Å². The summed E-state index contributed by atoms with van der Waals surface area (Å²) in [6, 6.07) is 5.25. The molecule has 0 heterocycles. The molecule has 4 nitrogen and oxygen atoms in total. The summed E-state index contributed by atoms with van der Waals surface area (Å²) in [6.07, 6.45) is -0.777. The molecule has 0 radical (unpaired) electrons. The molecular weight excluding hydrogens is 299 g/mol. The number of benzene rings is 1. The maximum atomic E-state index is 11.9. The number of nitrogens with one attached hydrogen (secondary N) is 1. The van der Waals surface area contributed by atoms with E-state index in [1.807, 2.05) is 6.07 Å². The van der Waals surface area contributed by atoms with Crippen LogP contribution in [0.15, 0.2) is 12.1 Å². The summed E-state index contributed by atoms with van der Waals surface area (Å²) < 4.78 is 5.52. The lowest BCUT2D eigenvalue weighted by Crippen LogP contribution is -2.47. The van der Waals surface area contributed by atoms with Gasteiger partial charge in [0.25, 0.3) is 5.91 Å². The minimum Gasteiger partial charge on any atom is -0.479 e. The fourth-order valence-corrected chi connectivity index (χ4v) is 1.82. The predicted octanol–water partition coefficient (Wildman–Crippen LogP) is 3.49. The fourth-order valence-electron chi connectivity index (χ4n) is 1.41. The van der Waals surface area contributed by atoms with Crippen molar-refractivity contribution < 1.29 is 9.53 Å². The second-order valence-electron chi connectivity index (χ2n) is 4.97. The van der Waals surface area contributed by atoms with Crippen LogP contribution in [0.4, 0.5) is 0 Å². The average Bonchev–Trinajstić information content (AvgIpc) is 2.39. The third-order valence-electron chi connectivity index (χ3n) is 2.67. The van der Waals surface area contributed by atoms with Crippen LogP contribution in [0.2, 0.25) is 10.0 Å². The Morgan fingerprint density at radius 2 is 2.05 bits per heavy atom. The second-order valence-corrected chi connectivity index (χ2v) is 5.76. The van der Waals surface area contributed by atoms with Gasteiger partial charge in [0.1, 0.15) is 11.3 Å². The molecule has 0 bridgehead atoms. The van der Waals surface area contributed by atoms with E-state index in [4.69, 9.17) is 33.2 Å². The number of hydrogen-bond donors (Lipinski definition) is 1. The van der Waals surface area contributed by atoms with Crippen molar-refractivity contribution in [2.75, 3.05) is 0 Å². The molecule has 0 aliphatic heterocycles. The number of nitrogens with zero attached hydrogens (tertiary/aromatic N) is 1. The molecule has 1 atom stereocenters. The minimum absolute atomic E-state index is 0.372. The van der Waals surface area contributed by atoms with E-state index in [0.717, 1.165) is 0 Å². The molecule has 1 amide bonds. The van der Waals surface area contributed by atoms with Gasteiger partial charge in [0.05, 0.1) is 11.1 Å². The fraction of sp³-hybridized carbons (Fsp3) is 0.429. The molecule has 20 heavy (non-hydrogen) atoms. The Balaban J connectivity index is 2.82. The zero-order chi connectivity index (χ0) is 15.5. The lowest BCUT2D eigenvalue weighted by Gasteiger charge is -2.22. The number of amides is 1. The van der Waals surface area contributed by atoms with Crippen molar-refractivity contribution in [3.8, 4) is 11.8 Å². The summed E-state index contributed by atoms with van der Waals surface area (Å²) in [6.45, 7) is 6.57. The van der Waals surface area contributed by atoms with Gasteiger partial charge in [-0.25, -0.2) is 0 Å². The first-order valence-electron chi connectivity index (χ1n) is 6.02. The van der Waals surface area contributed by atoms with Crippen LogP contribution in [0.3, 0.4) is 0 Å². The number of hydrogen-bond acceptors (Lipinski definition) is 3. The molecule has 1 unspecified atom stereocenters. The van der Waals surface area contributed by atoms with Crippen LogP contribution in [0.1, 0.15) is 26.3 Å². The Hall–Kier alpha value is -1.44. The molecular formula is C14H16Cl2N2O2. The highest BCUT2D eigenvalue weighted by Crippen LogP contribution is 2.33. The first-order valence-corrected chi connectivity index (χ1v) is 6.78. The number of nitriles is 1. The maximum Gasteiger partial charge on any atom is 0.262 e. The number of carbonyl (C=O) groups is 1. The largest absolute Gasteiger partial charge is 0.479 e. The molecule has 1 N–H and O–H groups in total. The lowest BCUT2D eigenvalue weighted by atomic mass is 10.1. The normalized spacial score (nSPS) is 12.4. The van der Waals surface area contributed by atoms with E-state index in [2.05, 4.69) is 5.32 Å². The van der Waals surface area contributed by atoms with Crippen molar-refractivity contribution in [2.24, 2.45) is 0 Å². The quantitative estimate of drug-likeness (QED) is 0.925. The molecule has 1 rings (SSSR count). The van der Waals surface area contributed by atoms with Gasteiger partial charge in [-0.1, -0.05) is 23.2 Å². The SMILES string of the molecule is Cc1c(Cl)ccc(OC(C)C(=O)NC(C)(C)C#N)c1Cl. The van der Waals surface area contributed by atoms with Crippen molar-refractivity contribution >= 4 is 29.1 Å². The van der Waals surface area contributed by atoms with Crippen molar-refractivity contribution in [1.82, 2.24) is 5.32 Å². The molecule has 1 aromatic carbocycles. The van der Waals surface area contributed by atoms with Crippen LogP contribution in [0, 0.1) is 18.3 Å². The Morgan fingerprint density at radius 1 is 1.45 bits per heavy atom. The molecule has 0 aromatic heterocycles. The van der Waals surface area contributed by atoms with E-state index < -0.39 is 11.6 Å². The van der Waals surface area contributed by atoms with Crippen LogP contribution < -0.4 is 10.1 Å². The third kappa shape index (κ3) is 4.03. The van der Waals surface area contributed by atoms with Crippen molar-refractivity contribution in [1.29, 1.82) is 5.26 Å². The van der Waals surface area contributed by atoms with Gasteiger partial charge in [-0.3, -0.25) is 4.79 Å². The van der Waals surface area contributed by atoms with Crippen molar-refractivity contribution in [3.05, 3.63) is 27.7 Å². The summed E-state index contributed by atoms with van der Waals surface area (Å²) >= 11 is 12.0. The summed E-state index contributed by atoms with van der Waals surface area (Å²) in [5, 5.41) is 12.4. The predicted molar refractivity (Wildman–Crippen MR) is 79.1 cm³/mol. The molecule has 0 aliphatic rings. The highest BCUT2D eigenvalue weighted by molar-refractivity contribution is 6.36. The lowest BCUT2D eigenvalue weighted by molar-refractivity contribution is -0.128. The van der Waals surface area contributed by atoms with Crippen LogP contribution in [0.25, 0.3) is 0 Å². The third-order valence-corrected chi connectivity index (χ3v) is 3.55. The zero-order valence-electron chi connectivity index (χ0n) is 11.8. The van der Waals surface area contributed by atoms with Crippen molar-refractivity contribution in [3.63, 3.8) is 0 Å². The van der Waals surface area contributed by atoms with Gasteiger partial charge in [0.2, 0.25) is 0 Å².